The van der Waals surface area contributed by atoms with Gasteiger partial charge in [-0.05, 0) is 31.5 Å². The largest absolute Gasteiger partial charge is 0.352 e. The van der Waals surface area contributed by atoms with Gasteiger partial charge < -0.3 is 10.6 Å². The second kappa shape index (κ2) is 6.27. The Morgan fingerprint density at radius 3 is 2.50 bits per heavy atom. The highest BCUT2D eigenvalue weighted by atomic mass is 16.2. The highest BCUT2D eigenvalue weighted by molar-refractivity contribution is 6.21. The zero-order valence-corrected chi connectivity index (χ0v) is 12.3. The van der Waals surface area contributed by atoms with Crippen molar-refractivity contribution in [1.82, 2.24) is 15.5 Å². The summed E-state index contributed by atoms with van der Waals surface area (Å²) >= 11 is 0. The van der Waals surface area contributed by atoms with Crippen LogP contribution in [0.15, 0.2) is 24.3 Å². The molecule has 1 saturated heterocycles. The molecule has 2 heterocycles. The predicted molar refractivity (Wildman–Crippen MR) is 80.5 cm³/mol. The van der Waals surface area contributed by atoms with Crippen LogP contribution < -0.4 is 10.6 Å². The molecular formula is C16H19N3O3. The second-order valence-corrected chi connectivity index (χ2v) is 5.67. The molecule has 2 N–H and O–H groups in total. The zero-order valence-electron chi connectivity index (χ0n) is 12.3. The monoisotopic (exact) mass is 301 g/mol. The molecule has 3 amide bonds. The Morgan fingerprint density at radius 1 is 1.23 bits per heavy atom. The summed E-state index contributed by atoms with van der Waals surface area (Å²) in [4.78, 5) is 37.4. The van der Waals surface area contributed by atoms with Gasteiger partial charge >= 0.3 is 0 Å². The fraction of sp³-hybridized carbons (Fsp3) is 0.438. The molecular weight excluding hydrogens is 282 g/mol. The van der Waals surface area contributed by atoms with E-state index in [4.69, 9.17) is 0 Å². The number of fused-ring (bicyclic) bond motifs is 1. The van der Waals surface area contributed by atoms with Crippen molar-refractivity contribution in [3.05, 3.63) is 35.4 Å². The summed E-state index contributed by atoms with van der Waals surface area (Å²) in [5.74, 6) is -0.549. The molecule has 0 spiro atoms. The molecule has 1 fully saturated rings. The van der Waals surface area contributed by atoms with E-state index in [0.717, 1.165) is 19.5 Å². The molecule has 2 aliphatic rings. The standard InChI is InChI=1S/C16H19N3O3/c20-14(18-11-7-8-17-10-11)6-3-9-19-15(21)12-4-1-2-5-13(12)16(19)22/h1-2,4-5,11,17H,3,6-10H2,(H,18,20). The fourth-order valence-electron chi connectivity index (χ4n) is 2.92. The number of imide groups is 1. The number of amides is 3. The van der Waals surface area contributed by atoms with Gasteiger partial charge in [0.15, 0.2) is 0 Å². The number of rotatable bonds is 5. The van der Waals surface area contributed by atoms with Gasteiger partial charge in [0, 0.05) is 25.6 Å². The topological polar surface area (TPSA) is 78.5 Å². The maximum Gasteiger partial charge on any atom is 0.261 e. The molecule has 1 atom stereocenters. The van der Waals surface area contributed by atoms with Gasteiger partial charge in [-0.1, -0.05) is 12.1 Å². The summed E-state index contributed by atoms with van der Waals surface area (Å²) in [7, 11) is 0. The fourth-order valence-corrected chi connectivity index (χ4v) is 2.92. The molecule has 0 radical (unpaired) electrons. The Kier molecular flexibility index (Phi) is 4.20. The third kappa shape index (κ3) is 2.87. The average molecular weight is 301 g/mol. The minimum absolute atomic E-state index is 0.0229. The summed E-state index contributed by atoms with van der Waals surface area (Å²) in [5.41, 5.74) is 0.906. The van der Waals surface area contributed by atoms with Gasteiger partial charge in [-0.25, -0.2) is 0 Å². The van der Waals surface area contributed by atoms with Crippen molar-refractivity contribution >= 4 is 17.7 Å². The normalized spacial score (nSPS) is 20.4. The number of hydrogen-bond acceptors (Lipinski definition) is 4. The molecule has 1 aromatic rings. The Hall–Kier alpha value is -2.21. The van der Waals surface area contributed by atoms with E-state index in [0.29, 0.717) is 24.0 Å². The van der Waals surface area contributed by atoms with Gasteiger partial charge in [0.1, 0.15) is 0 Å². The molecule has 1 aromatic carbocycles. The second-order valence-electron chi connectivity index (χ2n) is 5.67. The quantitative estimate of drug-likeness (QED) is 0.778. The van der Waals surface area contributed by atoms with Gasteiger partial charge in [-0.3, -0.25) is 19.3 Å². The van der Waals surface area contributed by atoms with E-state index >= 15 is 0 Å². The van der Waals surface area contributed by atoms with Crippen molar-refractivity contribution in [3.63, 3.8) is 0 Å². The van der Waals surface area contributed by atoms with E-state index < -0.39 is 0 Å². The van der Waals surface area contributed by atoms with Crippen LogP contribution in [0.4, 0.5) is 0 Å². The van der Waals surface area contributed by atoms with Crippen LogP contribution >= 0.6 is 0 Å². The Balaban J connectivity index is 1.49. The summed E-state index contributed by atoms with van der Waals surface area (Å²) in [6.45, 7) is 2.02. The molecule has 1 unspecified atom stereocenters. The molecule has 116 valence electrons. The SMILES string of the molecule is O=C(CCCN1C(=O)c2ccccc2C1=O)NC1CCNC1. The first kappa shape index (κ1) is 14.7. The van der Waals surface area contributed by atoms with Crippen LogP contribution in [0.25, 0.3) is 0 Å². The zero-order chi connectivity index (χ0) is 15.5. The van der Waals surface area contributed by atoms with E-state index in [9.17, 15) is 14.4 Å². The van der Waals surface area contributed by atoms with Crippen molar-refractivity contribution in [2.75, 3.05) is 19.6 Å². The smallest absolute Gasteiger partial charge is 0.261 e. The van der Waals surface area contributed by atoms with Crippen molar-refractivity contribution in [1.29, 1.82) is 0 Å². The van der Waals surface area contributed by atoms with E-state index in [-0.39, 0.29) is 30.3 Å². The van der Waals surface area contributed by atoms with Crippen LogP contribution in [-0.4, -0.2) is 48.3 Å². The number of nitrogens with one attached hydrogen (secondary N) is 2. The lowest BCUT2D eigenvalue weighted by Crippen LogP contribution is -2.37. The average Bonchev–Trinajstić information content (AvgIpc) is 3.10. The number of carbonyl (C=O) groups excluding carboxylic acids is 3. The lowest BCUT2D eigenvalue weighted by Gasteiger charge is -2.14. The van der Waals surface area contributed by atoms with Gasteiger partial charge in [0.2, 0.25) is 5.91 Å². The number of nitrogens with zero attached hydrogens (tertiary/aromatic N) is 1. The third-order valence-corrected chi connectivity index (χ3v) is 4.09. The van der Waals surface area contributed by atoms with Crippen LogP contribution in [-0.2, 0) is 4.79 Å². The molecule has 6 heteroatoms. The first-order valence-electron chi connectivity index (χ1n) is 7.62. The van der Waals surface area contributed by atoms with Crippen molar-refractivity contribution in [2.24, 2.45) is 0 Å². The molecule has 0 aliphatic carbocycles. The van der Waals surface area contributed by atoms with Crippen LogP contribution in [0, 0.1) is 0 Å². The molecule has 0 saturated carbocycles. The Labute approximate surface area is 128 Å². The number of carbonyl (C=O) groups is 3. The van der Waals surface area contributed by atoms with Crippen molar-refractivity contribution in [3.8, 4) is 0 Å². The summed E-state index contributed by atoms with van der Waals surface area (Å²) in [5, 5.41) is 6.14. The molecule has 0 bridgehead atoms. The first-order chi connectivity index (χ1) is 10.7. The summed E-state index contributed by atoms with van der Waals surface area (Å²) < 4.78 is 0. The lowest BCUT2D eigenvalue weighted by molar-refractivity contribution is -0.121. The van der Waals surface area contributed by atoms with Gasteiger partial charge in [-0.2, -0.15) is 0 Å². The van der Waals surface area contributed by atoms with Crippen molar-refractivity contribution in [2.45, 2.75) is 25.3 Å². The Bertz CT molecular complexity index is 573. The molecule has 6 nitrogen and oxygen atoms in total. The lowest BCUT2D eigenvalue weighted by atomic mass is 10.1. The summed E-state index contributed by atoms with van der Waals surface area (Å²) in [6.07, 6.45) is 1.76. The predicted octanol–water partition coefficient (Wildman–Crippen LogP) is 0.541. The highest BCUT2D eigenvalue weighted by Gasteiger charge is 2.34. The van der Waals surface area contributed by atoms with Crippen LogP contribution in [0.3, 0.4) is 0 Å². The van der Waals surface area contributed by atoms with E-state index in [1.165, 1.54) is 4.90 Å². The summed E-state index contributed by atoms with van der Waals surface area (Å²) in [6, 6.07) is 7.02. The maximum absolute atomic E-state index is 12.2. The van der Waals surface area contributed by atoms with Crippen LogP contribution in [0.2, 0.25) is 0 Å². The molecule has 22 heavy (non-hydrogen) atoms. The molecule has 0 aromatic heterocycles. The maximum atomic E-state index is 12.2. The number of hydrogen-bond donors (Lipinski definition) is 2. The van der Waals surface area contributed by atoms with Gasteiger partial charge in [0.25, 0.3) is 11.8 Å². The van der Waals surface area contributed by atoms with Crippen LogP contribution in [0.1, 0.15) is 40.0 Å². The third-order valence-electron chi connectivity index (χ3n) is 4.09. The first-order valence-corrected chi connectivity index (χ1v) is 7.62. The van der Waals surface area contributed by atoms with E-state index in [2.05, 4.69) is 10.6 Å². The molecule has 2 aliphatic heterocycles. The van der Waals surface area contributed by atoms with Crippen LogP contribution in [0.5, 0.6) is 0 Å². The minimum atomic E-state index is -0.263. The Morgan fingerprint density at radius 2 is 1.91 bits per heavy atom. The highest BCUT2D eigenvalue weighted by Crippen LogP contribution is 2.22. The minimum Gasteiger partial charge on any atom is -0.352 e. The van der Waals surface area contributed by atoms with E-state index in [1.807, 2.05) is 0 Å². The molecule has 3 rings (SSSR count). The van der Waals surface area contributed by atoms with Gasteiger partial charge in [-0.15, -0.1) is 0 Å². The van der Waals surface area contributed by atoms with Crippen molar-refractivity contribution < 1.29 is 14.4 Å². The van der Waals surface area contributed by atoms with Gasteiger partial charge in [0.05, 0.1) is 11.1 Å². The van der Waals surface area contributed by atoms with E-state index in [1.54, 1.807) is 24.3 Å². The number of benzene rings is 1.